The Morgan fingerprint density at radius 1 is 0.824 bits per heavy atom. The molecule has 2 aliphatic rings. The lowest BCUT2D eigenvalue weighted by atomic mass is 9.82. The minimum Gasteiger partial charge on any atom is -0.497 e. The van der Waals surface area contributed by atoms with Crippen LogP contribution in [0.5, 0.6) is 11.5 Å². The Kier molecular flexibility index (Phi) is 7.05. The summed E-state index contributed by atoms with van der Waals surface area (Å²) in [5.41, 5.74) is -0.289. The molecule has 2 fully saturated rings. The quantitative estimate of drug-likeness (QED) is 0.662. The number of rotatable bonds is 6. The van der Waals surface area contributed by atoms with E-state index < -0.39 is 17.5 Å². The van der Waals surface area contributed by atoms with Crippen LogP contribution in [0.3, 0.4) is 0 Å². The van der Waals surface area contributed by atoms with Gasteiger partial charge in [-0.05, 0) is 48.2 Å². The van der Waals surface area contributed by atoms with Crippen molar-refractivity contribution in [1.82, 2.24) is 15.1 Å². The molecule has 1 N–H and O–H groups in total. The molecule has 2 aromatic rings. The summed E-state index contributed by atoms with van der Waals surface area (Å²) in [6.45, 7) is 1.04. The van der Waals surface area contributed by atoms with Crippen LogP contribution in [0.4, 0.5) is 4.79 Å². The number of hydrogen-bond donors (Lipinski definition) is 1. The van der Waals surface area contributed by atoms with E-state index in [9.17, 15) is 14.4 Å². The highest BCUT2D eigenvalue weighted by molar-refractivity contribution is 6.11. The molecule has 0 spiro atoms. The lowest BCUT2D eigenvalue weighted by molar-refractivity contribution is -0.138. The number of nitrogens with zero attached hydrogens (tertiary/aromatic N) is 2. The van der Waals surface area contributed by atoms with Crippen molar-refractivity contribution in [3.8, 4) is 11.5 Å². The molecule has 4 rings (SSSR count). The van der Waals surface area contributed by atoms with Crippen LogP contribution in [-0.4, -0.2) is 61.5 Å². The molecule has 0 aliphatic carbocycles. The van der Waals surface area contributed by atoms with E-state index in [1.54, 1.807) is 67.7 Å². The maximum atomic E-state index is 13.9. The normalized spacial score (nSPS) is 18.2. The number of likely N-dealkylation sites (tertiary alicyclic amines) is 1. The molecular formula is C26H31N3O5. The Bertz CT molecular complexity index is 980. The summed E-state index contributed by atoms with van der Waals surface area (Å²) < 4.78 is 10.5. The highest BCUT2D eigenvalue weighted by atomic mass is 16.5. The van der Waals surface area contributed by atoms with Gasteiger partial charge < -0.3 is 19.7 Å². The molecule has 2 heterocycles. The van der Waals surface area contributed by atoms with Crippen LogP contribution in [0, 0.1) is 0 Å². The van der Waals surface area contributed by atoms with Crippen molar-refractivity contribution >= 4 is 17.8 Å². The lowest BCUT2D eigenvalue weighted by Gasteiger charge is -2.29. The summed E-state index contributed by atoms with van der Waals surface area (Å²) in [4.78, 5) is 42.9. The smallest absolute Gasteiger partial charge is 0.326 e. The van der Waals surface area contributed by atoms with Crippen molar-refractivity contribution in [2.75, 3.05) is 33.9 Å². The molecule has 2 saturated heterocycles. The number of carbonyl (C=O) groups excluding carboxylic acids is 3. The third-order valence-corrected chi connectivity index (χ3v) is 6.65. The monoisotopic (exact) mass is 465 g/mol. The first-order chi connectivity index (χ1) is 16.5. The Balaban J connectivity index is 1.67. The van der Waals surface area contributed by atoms with E-state index in [-0.39, 0.29) is 12.5 Å². The van der Waals surface area contributed by atoms with Crippen molar-refractivity contribution in [3.05, 3.63) is 59.7 Å². The van der Waals surface area contributed by atoms with Gasteiger partial charge >= 0.3 is 6.03 Å². The number of methoxy groups -OCH3 is 2. The Labute approximate surface area is 199 Å². The minimum atomic E-state index is -1.45. The average molecular weight is 466 g/mol. The third-order valence-electron chi connectivity index (χ3n) is 6.65. The highest BCUT2D eigenvalue weighted by Crippen LogP contribution is 2.37. The first-order valence-corrected chi connectivity index (χ1v) is 11.7. The maximum Gasteiger partial charge on any atom is 0.326 e. The summed E-state index contributed by atoms with van der Waals surface area (Å²) in [6, 6.07) is 13.4. The Morgan fingerprint density at radius 2 is 1.29 bits per heavy atom. The van der Waals surface area contributed by atoms with Crippen LogP contribution < -0.4 is 14.8 Å². The number of imide groups is 1. The average Bonchev–Trinajstić information content (AvgIpc) is 3.09. The largest absolute Gasteiger partial charge is 0.497 e. The molecule has 0 radical (unpaired) electrons. The molecule has 2 aromatic carbocycles. The fourth-order valence-electron chi connectivity index (χ4n) is 4.69. The molecule has 4 amide bonds. The van der Waals surface area contributed by atoms with Gasteiger partial charge in [-0.1, -0.05) is 43.5 Å². The zero-order valence-corrected chi connectivity index (χ0v) is 19.7. The number of carbonyl (C=O) groups is 3. The fraction of sp³-hybridized carbons (Fsp3) is 0.423. The topological polar surface area (TPSA) is 88.2 Å². The standard InChI is InChI=1S/C26H31N3O5/c1-33-21-12-8-19(9-13-21)26(20-10-14-22(34-2)15-11-20)24(31)29(25(32)27-26)18-23(30)28-16-6-4-3-5-7-17-28/h8-15H,3-7,16-18H2,1-2H3,(H,27,32). The summed E-state index contributed by atoms with van der Waals surface area (Å²) in [5, 5.41) is 2.89. The zero-order valence-electron chi connectivity index (χ0n) is 19.7. The number of hydrogen-bond acceptors (Lipinski definition) is 5. The number of benzene rings is 2. The SMILES string of the molecule is COc1ccc(C2(c3ccc(OC)cc3)NC(=O)N(CC(=O)N3CCCCCCC3)C2=O)cc1. The van der Waals surface area contributed by atoms with E-state index in [0.717, 1.165) is 30.6 Å². The van der Waals surface area contributed by atoms with Gasteiger partial charge in [0.15, 0.2) is 5.54 Å². The second kappa shape index (κ2) is 10.2. The number of urea groups is 1. The molecule has 2 aliphatic heterocycles. The molecule has 0 bridgehead atoms. The van der Waals surface area contributed by atoms with E-state index >= 15 is 0 Å². The molecule has 0 aromatic heterocycles. The van der Waals surface area contributed by atoms with Crippen molar-refractivity contribution in [3.63, 3.8) is 0 Å². The molecular weight excluding hydrogens is 434 g/mol. The van der Waals surface area contributed by atoms with Crippen LogP contribution in [0.1, 0.15) is 43.2 Å². The van der Waals surface area contributed by atoms with Gasteiger partial charge in [-0.2, -0.15) is 0 Å². The van der Waals surface area contributed by atoms with Crippen molar-refractivity contribution in [2.24, 2.45) is 0 Å². The van der Waals surface area contributed by atoms with E-state index in [1.807, 2.05) is 0 Å². The van der Waals surface area contributed by atoms with Gasteiger partial charge in [0.2, 0.25) is 5.91 Å². The van der Waals surface area contributed by atoms with Gasteiger partial charge in [0.1, 0.15) is 18.0 Å². The molecule has 0 atom stereocenters. The Hall–Kier alpha value is -3.55. The first-order valence-electron chi connectivity index (χ1n) is 11.7. The Morgan fingerprint density at radius 3 is 1.76 bits per heavy atom. The van der Waals surface area contributed by atoms with E-state index in [4.69, 9.17) is 9.47 Å². The van der Waals surface area contributed by atoms with Gasteiger partial charge in [-0.15, -0.1) is 0 Å². The van der Waals surface area contributed by atoms with Crippen molar-refractivity contribution < 1.29 is 23.9 Å². The molecule has 8 nitrogen and oxygen atoms in total. The van der Waals surface area contributed by atoms with Gasteiger partial charge in [-0.25, -0.2) is 4.79 Å². The second-order valence-corrected chi connectivity index (χ2v) is 8.68. The molecule has 34 heavy (non-hydrogen) atoms. The fourth-order valence-corrected chi connectivity index (χ4v) is 4.69. The molecule has 0 unspecified atom stereocenters. The van der Waals surface area contributed by atoms with Crippen LogP contribution in [-0.2, 0) is 15.1 Å². The predicted molar refractivity (Wildman–Crippen MR) is 127 cm³/mol. The maximum absolute atomic E-state index is 13.9. The van der Waals surface area contributed by atoms with Gasteiger partial charge in [0.25, 0.3) is 5.91 Å². The van der Waals surface area contributed by atoms with Crippen LogP contribution in [0.15, 0.2) is 48.5 Å². The summed E-state index contributed by atoms with van der Waals surface area (Å²) in [5.74, 6) is 0.586. The van der Waals surface area contributed by atoms with Gasteiger partial charge in [0, 0.05) is 13.1 Å². The predicted octanol–water partition coefficient (Wildman–Crippen LogP) is 3.29. The number of nitrogens with one attached hydrogen (secondary N) is 1. The summed E-state index contributed by atoms with van der Waals surface area (Å²) >= 11 is 0. The second-order valence-electron chi connectivity index (χ2n) is 8.68. The molecule has 8 heteroatoms. The van der Waals surface area contributed by atoms with E-state index in [2.05, 4.69) is 5.32 Å². The van der Waals surface area contributed by atoms with Crippen molar-refractivity contribution in [2.45, 2.75) is 37.6 Å². The third kappa shape index (κ3) is 4.44. The minimum absolute atomic E-state index is 0.203. The van der Waals surface area contributed by atoms with Crippen LogP contribution in [0.2, 0.25) is 0 Å². The van der Waals surface area contributed by atoms with Gasteiger partial charge in [0.05, 0.1) is 14.2 Å². The van der Waals surface area contributed by atoms with Crippen LogP contribution >= 0.6 is 0 Å². The first kappa shape index (κ1) is 23.6. The zero-order chi connectivity index (χ0) is 24.1. The highest BCUT2D eigenvalue weighted by Gasteiger charge is 2.54. The van der Waals surface area contributed by atoms with E-state index in [1.165, 1.54) is 6.42 Å². The van der Waals surface area contributed by atoms with Gasteiger partial charge in [-0.3, -0.25) is 14.5 Å². The molecule has 180 valence electrons. The van der Waals surface area contributed by atoms with E-state index in [0.29, 0.717) is 35.7 Å². The summed E-state index contributed by atoms with van der Waals surface area (Å²) in [7, 11) is 3.13. The lowest BCUT2D eigenvalue weighted by Crippen LogP contribution is -2.47. The number of amides is 4. The number of ether oxygens (including phenoxy) is 2. The summed E-state index contributed by atoms with van der Waals surface area (Å²) in [6.07, 6.45) is 5.23. The van der Waals surface area contributed by atoms with Crippen molar-refractivity contribution in [1.29, 1.82) is 0 Å². The van der Waals surface area contributed by atoms with Crippen LogP contribution in [0.25, 0.3) is 0 Å². The molecule has 0 saturated carbocycles.